The van der Waals surface area contributed by atoms with Crippen LogP contribution in [0, 0.1) is 0 Å². The van der Waals surface area contributed by atoms with E-state index < -0.39 is 18.2 Å². The third-order valence-corrected chi connectivity index (χ3v) is 5.52. The van der Waals surface area contributed by atoms with Gasteiger partial charge >= 0.3 is 6.09 Å². The number of ether oxygens (including phenoxy) is 1. The Hall–Kier alpha value is -4.20. The molecule has 2 unspecified atom stereocenters. The Balaban J connectivity index is 1.54. The summed E-state index contributed by atoms with van der Waals surface area (Å²) in [4.78, 5) is 43.2. The van der Waals surface area contributed by atoms with Crippen molar-refractivity contribution in [3.63, 3.8) is 0 Å². The average Bonchev–Trinajstić information content (AvgIpc) is 3.16. The van der Waals surface area contributed by atoms with Crippen LogP contribution in [-0.4, -0.2) is 40.4 Å². The molecule has 0 radical (unpaired) electrons. The fourth-order valence-electron chi connectivity index (χ4n) is 3.91. The molecule has 2 atom stereocenters. The molecule has 1 fully saturated rings. The molecule has 1 aliphatic heterocycles. The van der Waals surface area contributed by atoms with E-state index in [0.717, 1.165) is 11.3 Å². The van der Waals surface area contributed by atoms with Gasteiger partial charge in [0.15, 0.2) is 12.1 Å². The first-order valence-corrected chi connectivity index (χ1v) is 11.1. The van der Waals surface area contributed by atoms with E-state index in [1.165, 1.54) is 11.8 Å². The fourth-order valence-corrected chi connectivity index (χ4v) is 3.91. The zero-order chi connectivity index (χ0) is 23.9. The Morgan fingerprint density at radius 3 is 2.41 bits per heavy atom. The van der Waals surface area contributed by atoms with E-state index in [4.69, 9.17) is 4.74 Å². The molecule has 1 aromatic heterocycles. The monoisotopic (exact) mass is 458 g/mol. The summed E-state index contributed by atoms with van der Waals surface area (Å²) in [6.07, 6.45) is 0.952. The number of amides is 3. The molecule has 2 heterocycles. The van der Waals surface area contributed by atoms with Crippen LogP contribution >= 0.6 is 0 Å². The predicted octanol–water partition coefficient (Wildman–Crippen LogP) is 3.46. The Morgan fingerprint density at radius 2 is 1.74 bits per heavy atom. The molecule has 3 aromatic rings. The largest absolute Gasteiger partial charge is 0.438 e. The van der Waals surface area contributed by atoms with Crippen LogP contribution in [0.4, 0.5) is 10.5 Å². The highest BCUT2D eigenvalue weighted by Gasteiger charge is 2.46. The zero-order valence-electron chi connectivity index (χ0n) is 18.8. The summed E-state index contributed by atoms with van der Waals surface area (Å²) in [7, 11) is 0. The van der Waals surface area contributed by atoms with Gasteiger partial charge in [0.05, 0.1) is 6.54 Å². The van der Waals surface area contributed by atoms with Crippen molar-refractivity contribution in [2.24, 2.45) is 0 Å². The number of rotatable bonds is 8. The minimum Gasteiger partial charge on any atom is -0.438 e. The standard InChI is InChI=1S/C26H26N4O4/c1-18(31)29-22-12-10-20(11-13-22)24-23(25(32)28-16-14-21-9-5-6-15-27-21)30(26(33)34-24)17-19-7-3-2-4-8-19/h2-13,15,23-24H,14,16-17H2,1H3,(H,28,32)(H,29,31). The molecule has 0 bridgehead atoms. The first kappa shape index (κ1) is 23.0. The van der Waals surface area contributed by atoms with Crippen LogP contribution in [0.1, 0.15) is 29.8 Å². The van der Waals surface area contributed by atoms with E-state index in [0.29, 0.717) is 24.2 Å². The van der Waals surface area contributed by atoms with Gasteiger partial charge in [0.1, 0.15) is 0 Å². The lowest BCUT2D eigenvalue weighted by atomic mass is 10.00. The lowest BCUT2D eigenvalue weighted by Crippen LogP contribution is -2.46. The Morgan fingerprint density at radius 1 is 1.00 bits per heavy atom. The number of carbonyl (C=O) groups is 3. The van der Waals surface area contributed by atoms with Crippen molar-refractivity contribution in [3.8, 4) is 0 Å². The minimum atomic E-state index is -0.844. The summed E-state index contributed by atoms with van der Waals surface area (Å²) in [6, 6.07) is 21.2. The molecule has 1 aliphatic rings. The van der Waals surface area contributed by atoms with Crippen molar-refractivity contribution >= 4 is 23.6 Å². The van der Waals surface area contributed by atoms with Crippen LogP contribution in [0.2, 0.25) is 0 Å². The van der Waals surface area contributed by atoms with Gasteiger partial charge in [-0.3, -0.25) is 19.5 Å². The molecule has 4 rings (SSSR count). The summed E-state index contributed by atoms with van der Waals surface area (Å²) in [5.74, 6) is -0.479. The molecular formula is C26H26N4O4. The molecule has 8 nitrogen and oxygen atoms in total. The van der Waals surface area contributed by atoms with Crippen LogP contribution in [0.25, 0.3) is 0 Å². The summed E-state index contributed by atoms with van der Waals surface area (Å²) in [5.41, 5.74) is 3.06. The van der Waals surface area contributed by atoms with Crippen LogP contribution in [-0.2, 0) is 27.3 Å². The smallest absolute Gasteiger partial charge is 0.411 e. The van der Waals surface area contributed by atoms with E-state index in [-0.39, 0.29) is 18.4 Å². The van der Waals surface area contributed by atoms with E-state index >= 15 is 0 Å². The third-order valence-electron chi connectivity index (χ3n) is 5.52. The Kier molecular flexibility index (Phi) is 7.17. The molecule has 0 saturated carbocycles. The van der Waals surface area contributed by atoms with Crippen molar-refractivity contribution in [3.05, 3.63) is 95.8 Å². The van der Waals surface area contributed by atoms with Crippen LogP contribution in [0.3, 0.4) is 0 Å². The summed E-state index contributed by atoms with van der Waals surface area (Å²) in [6.45, 7) is 2.06. The van der Waals surface area contributed by atoms with E-state index in [9.17, 15) is 14.4 Å². The normalized spacial score (nSPS) is 17.2. The maximum absolute atomic E-state index is 13.3. The first-order chi connectivity index (χ1) is 16.5. The lowest BCUT2D eigenvalue weighted by Gasteiger charge is -2.24. The number of anilines is 1. The molecular weight excluding hydrogens is 432 g/mol. The number of hydrogen-bond acceptors (Lipinski definition) is 5. The molecule has 34 heavy (non-hydrogen) atoms. The summed E-state index contributed by atoms with van der Waals surface area (Å²) in [5, 5.41) is 5.64. The second-order valence-corrected chi connectivity index (χ2v) is 8.03. The van der Waals surface area contributed by atoms with Gasteiger partial charge in [0.25, 0.3) is 0 Å². The van der Waals surface area contributed by atoms with Gasteiger partial charge in [-0.15, -0.1) is 0 Å². The molecule has 174 valence electrons. The second kappa shape index (κ2) is 10.6. The quantitative estimate of drug-likeness (QED) is 0.538. The van der Waals surface area contributed by atoms with Crippen molar-refractivity contribution in [1.29, 1.82) is 0 Å². The number of aromatic nitrogens is 1. The topological polar surface area (TPSA) is 101 Å². The number of nitrogens with one attached hydrogen (secondary N) is 2. The second-order valence-electron chi connectivity index (χ2n) is 8.03. The SMILES string of the molecule is CC(=O)Nc1ccc(C2OC(=O)N(Cc3ccccc3)C2C(=O)NCCc2ccccn2)cc1. The minimum absolute atomic E-state index is 0.181. The Bertz CT molecular complexity index is 1140. The zero-order valence-corrected chi connectivity index (χ0v) is 18.8. The van der Waals surface area contributed by atoms with Crippen LogP contribution in [0.5, 0.6) is 0 Å². The third kappa shape index (κ3) is 5.58. The highest BCUT2D eigenvalue weighted by Crippen LogP contribution is 2.34. The van der Waals surface area contributed by atoms with Gasteiger partial charge in [-0.25, -0.2) is 4.79 Å². The Labute approximate surface area is 198 Å². The summed E-state index contributed by atoms with van der Waals surface area (Å²) < 4.78 is 5.68. The summed E-state index contributed by atoms with van der Waals surface area (Å²) >= 11 is 0. The number of carbonyl (C=O) groups excluding carboxylic acids is 3. The maximum Gasteiger partial charge on any atom is 0.411 e. The number of hydrogen-bond donors (Lipinski definition) is 2. The van der Waals surface area contributed by atoms with Crippen LogP contribution in [0.15, 0.2) is 79.0 Å². The van der Waals surface area contributed by atoms with Crippen molar-refractivity contribution in [2.75, 3.05) is 11.9 Å². The maximum atomic E-state index is 13.3. The molecule has 1 saturated heterocycles. The molecule has 0 spiro atoms. The van der Waals surface area contributed by atoms with Crippen molar-refractivity contribution in [2.45, 2.75) is 32.0 Å². The average molecular weight is 459 g/mol. The van der Waals surface area contributed by atoms with Gasteiger partial charge in [-0.1, -0.05) is 48.5 Å². The van der Waals surface area contributed by atoms with Gasteiger partial charge in [-0.2, -0.15) is 0 Å². The number of pyridine rings is 1. The van der Waals surface area contributed by atoms with E-state index in [1.54, 1.807) is 30.5 Å². The number of cyclic esters (lactones) is 1. The molecule has 3 amide bonds. The highest BCUT2D eigenvalue weighted by molar-refractivity contribution is 5.90. The number of benzene rings is 2. The van der Waals surface area contributed by atoms with Crippen molar-refractivity contribution in [1.82, 2.24) is 15.2 Å². The molecule has 0 aliphatic carbocycles. The highest BCUT2D eigenvalue weighted by atomic mass is 16.6. The molecule has 2 N–H and O–H groups in total. The molecule has 8 heteroatoms. The number of nitrogens with zero attached hydrogens (tertiary/aromatic N) is 2. The van der Waals surface area contributed by atoms with Gasteiger partial charge in [0, 0.05) is 37.5 Å². The van der Waals surface area contributed by atoms with Gasteiger partial charge < -0.3 is 15.4 Å². The molecule has 2 aromatic carbocycles. The van der Waals surface area contributed by atoms with Crippen LogP contribution < -0.4 is 10.6 Å². The predicted molar refractivity (Wildman–Crippen MR) is 127 cm³/mol. The van der Waals surface area contributed by atoms with Gasteiger partial charge in [-0.05, 0) is 35.4 Å². The van der Waals surface area contributed by atoms with Crippen molar-refractivity contribution < 1.29 is 19.1 Å². The lowest BCUT2D eigenvalue weighted by molar-refractivity contribution is -0.126. The van der Waals surface area contributed by atoms with E-state index in [1.807, 2.05) is 48.5 Å². The first-order valence-electron chi connectivity index (χ1n) is 11.1. The fraction of sp³-hybridized carbons (Fsp3) is 0.231. The van der Waals surface area contributed by atoms with Gasteiger partial charge in [0.2, 0.25) is 11.8 Å². The van der Waals surface area contributed by atoms with E-state index in [2.05, 4.69) is 15.6 Å².